The molecule has 7 aromatic carbocycles. The van der Waals surface area contributed by atoms with E-state index in [0.717, 1.165) is 39.2 Å². The van der Waals surface area contributed by atoms with Crippen molar-refractivity contribution in [3.05, 3.63) is 193 Å². The molecule has 1 aliphatic heterocycles. The first-order valence-electron chi connectivity index (χ1n) is 18.2. The molecule has 0 saturated heterocycles. The van der Waals surface area contributed by atoms with Crippen LogP contribution in [0.25, 0.3) is 22.3 Å². The van der Waals surface area contributed by atoms with Crippen molar-refractivity contribution >= 4 is 57.4 Å². The number of hydrogen-bond donors (Lipinski definition) is 1. The van der Waals surface area contributed by atoms with Crippen LogP contribution in [-0.4, -0.2) is 24.9 Å². The van der Waals surface area contributed by atoms with Gasteiger partial charge < -0.3 is 10.2 Å². The zero-order chi connectivity index (χ0) is 36.7. The van der Waals surface area contributed by atoms with E-state index < -0.39 is 0 Å². The minimum Gasteiger partial charge on any atom is -0.312 e. The fourth-order valence-electron chi connectivity index (χ4n) is 6.95. The Balaban J connectivity index is 1.11. The minimum absolute atomic E-state index is 0.229. The summed E-state index contributed by atoms with van der Waals surface area (Å²) in [6.07, 6.45) is 0. The Hall–Kier alpha value is -4.98. The molecular formula is C48H41N3S3. The molecule has 266 valence electrons. The van der Waals surface area contributed by atoms with Crippen molar-refractivity contribution in [2.45, 2.75) is 26.5 Å². The fraction of sp³-hybridized carbons (Fsp3) is 0.104. The van der Waals surface area contributed by atoms with E-state index in [1.165, 1.54) is 48.1 Å². The van der Waals surface area contributed by atoms with E-state index in [1.807, 2.05) is 43.7 Å². The molecule has 1 heterocycles. The van der Waals surface area contributed by atoms with Crippen LogP contribution in [0.5, 0.6) is 0 Å². The summed E-state index contributed by atoms with van der Waals surface area (Å²) in [6, 6.07) is 63.7. The van der Waals surface area contributed by atoms with Gasteiger partial charge in [0.1, 0.15) is 5.04 Å². The molecule has 6 heteroatoms. The maximum atomic E-state index is 4.65. The average Bonchev–Trinajstić information content (AvgIpc) is 3.24. The second-order valence-electron chi connectivity index (χ2n) is 13.0. The van der Waals surface area contributed by atoms with E-state index in [-0.39, 0.29) is 6.04 Å². The smallest absolute Gasteiger partial charge is 0.102 e. The van der Waals surface area contributed by atoms with E-state index in [1.54, 1.807) is 11.8 Å². The molecular weight excluding hydrogens is 715 g/mol. The van der Waals surface area contributed by atoms with E-state index in [0.29, 0.717) is 0 Å². The van der Waals surface area contributed by atoms with Gasteiger partial charge in [-0.3, -0.25) is 4.99 Å². The summed E-state index contributed by atoms with van der Waals surface area (Å²) >= 11 is 5.50. The standard InChI is InChI=1S/C48H41N3S3/c1-49-46(33-52-40-12-5-3-6-13-40)35-22-28-38(29-23-35)51(39-30-24-36(25-31-39)48(50-2)54-41-14-7-4-8-15-41)37-26-20-34(21-27-37)42-17-11-18-43-44-16-9-10-19-47(44)53-32-45(42)43/h3-31,46,49H,32-33H2,1-2H3/b50-48-. The van der Waals surface area contributed by atoms with Gasteiger partial charge in [-0.1, -0.05) is 121 Å². The zero-order valence-corrected chi connectivity index (χ0v) is 32.8. The van der Waals surface area contributed by atoms with E-state index in [9.17, 15) is 0 Å². The molecule has 54 heavy (non-hydrogen) atoms. The maximum Gasteiger partial charge on any atom is 0.102 e. The SMILES string of the molecule is C/N=C(\Sc1ccccc1)c1ccc(N(c2ccc(-c3cccc4c3CSc3ccccc3-4)cc2)c2ccc(C(CSc3ccccc3)NC)cc2)cc1. The summed E-state index contributed by atoms with van der Waals surface area (Å²) in [4.78, 5) is 10.8. The number of benzene rings is 7. The summed E-state index contributed by atoms with van der Waals surface area (Å²) in [6.45, 7) is 0. The van der Waals surface area contributed by atoms with Gasteiger partial charge in [-0.25, -0.2) is 0 Å². The van der Waals surface area contributed by atoms with Crippen molar-refractivity contribution in [3.8, 4) is 22.3 Å². The molecule has 1 N–H and O–H groups in total. The van der Waals surface area contributed by atoms with Crippen molar-refractivity contribution in [2.24, 2.45) is 4.99 Å². The third-order valence-corrected chi connectivity index (χ3v) is 13.1. The summed E-state index contributed by atoms with van der Waals surface area (Å²) in [7, 11) is 3.91. The number of nitrogens with one attached hydrogen (secondary N) is 1. The van der Waals surface area contributed by atoms with Crippen molar-refractivity contribution in [2.75, 3.05) is 24.7 Å². The molecule has 7 aromatic rings. The van der Waals surface area contributed by atoms with Gasteiger partial charge in [-0.2, -0.15) is 0 Å². The topological polar surface area (TPSA) is 27.6 Å². The minimum atomic E-state index is 0.229. The number of nitrogens with zero attached hydrogens (tertiary/aromatic N) is 2. The quantitative estimate of drug-likeness (QED) is 0.0806. The molecule has 0 fully saturated rings. The second-order valence-corrected chi connectivity index (χ2v) is 16.2. The highest BCUT2D eigenvalue weighted by Crippen LogP contribution is 2.45. The van der Waals surface area contributed by atoms with Crippen molar-refractivity contribution < 1.29 is 0 Å². The highest BCUT2D eigenvalue weighted by Gasteiger charge is 2.21. The number of thioether (sulfide) groups is 3. The number of aliphatic imine (C=N–C) groups is 1. The first-order chi connectivity index (χ1) is 26.7. The van der Waals surface area contributed by atoms with Crippen LogP contribution in [0.2, 0.25) is 0 Å². The van der Waals surface area contributed by atoms with Gasteiger partial charge in [-0.15, -0.1) is 23.5 Å². The Morgan fingerprint density at radius 2 is 1.20 bits per heavy atom. The van der Waals surface area contributed by atoms with Gasteiger partial charge in [0.25, 0.3) is 0 Å². The van der Waals surface area contributed by atoms with Crippen LogP contribution in [0, 0.1) is 0 Å². The predicted octanol–water partition coefficient (Wildman–Crippen LogP) is 13.3. The highest BCUT2D eigenvalue weighted by molar-refractivity contribution is 8.14. The molecule has 0 bridgehead atoms. The molecule has 0 amide bonds. The van der Waals surface area contributed by atoms with Crippen LogP contribution in [0.3, 0.4) is 0 Å². The van der Waals surface area contributed by atoms with E-state index >= 15 is 0 Å². The Morgan fingerprint density at radius 3 is 1.87 bits per heavy atom. The molecule has 0 saturated carbocycles. The van der Waals surface area contributed by atoms with Crippen molar-refractivity contribution in [3.63, 3.8) is 0 Å². The normalized spacial score (nSPS) is 12.8. The molecule has 0 aliphatic carbocycles. The van der Waals surface area contributed by atoms with Crippen LogP contribution in [0.15, 0.2) is 196 Å². The van der Waals surface area contributed by atoms with Crippen LogP contribution in [0.1, 0.15) is 22.7 Å². The predicted molar refractivity (Wildman–Crippen MR) is 235 cm³/mol. The average molecular weight is 756 g/mol. The maximum absolute atomic E-state index is 4.65. The molecule has 1 aliphatic rings. The van der Waals surface area contributed by atoms with E-state index in [4.69, 9.17) is 0 Å². The molecule has 3 nitrogen and oxygen atoms in total. The molecule has 1 unspecified atom stereocenters. The van der Waals surface area contributed by atoms with Crippen LogP contribution >= 0.6 is 35.3 Å². The monoisotopic (exact) mass is 755 g/mol. The first-order valence-corrected chi connectivity index (χ1v) is 21.0. The van der Waals surface area contributed by atoms with Gasteiger partial charge in [0, 0.05) is 61.9 Å². The van der Waals surface area contributed by atoms with Gasteiger partial charge in [-0.05, 0) is 107 Å². The van der Waals surface area contributed by atoms with Crippen molar-refractivity contribution in [1.29, 1.82) is 0 Å². The number of rotatable bonds is 11. The van der Waals surface area contributed by atoms with Gasteiger partial charge >= 0.3 is 0 Å². The molecule has 0 aromatic heterocycles. The zero-order valence-electron chi connectivity index (χ0n) is 30.4. The lowest BCUT2D eigenvalue weighted by Crippen LogP contribution is -2.19. The Morgan fingerprint density at radius 1 is 0.630 bits per heavy atom. The number of fused-ring (bicyclic) bond motifs is 3. The third kappa shape index (κ3) is 7.94. The van der Waals surface area contributed by atoms with E-state index in [2.05, 4.69) is 185 Å². The fourth-order valence-corrected chi connectivity index (χ4v) is 10.0. The molecule has 1 atom stereocenters. The van der Waals surface area contributed by atoms with Crippen LogP contribution < -0.4 is 10.2 Å². The van der Waals surface area contributed by atoms with Crippen LogP contribution in [-0.2, 0) is 5.75 Å². The lowest BCUT2D eigenvalue weighted by molar-refractivity contribution is 0.662. The first kappa shape index (κ1) is 36.0. The summed E-state index contributed by atoms with van der Waals surface area (Å²) in [5.41, 5.74) is 12.3. The second kappa shape index (κ2) is 17.0. The summed E-state index contributed by atoms with van der Waals surface area (Å²) in [5.74, 6) is 1.92. The lowest BCUT2D eigenvalue weighted by atomic mass is 9.92. The van der Waals surface area contributed by atoms with Crippen molar-refractivity contribution in [1.82, 2.24) is 5.32 Å². The van der Waals surface area contributed by atoms with Gasteiger partial charge in [0.15, 0.2) is 0 Å². The Labute approximate surface area is 332 Å². The summed E-state index contributed by atoms with van der Waals surface area (Å²) in [5, 5.41) is 4.53. The van der Waals surface area contributed by atoms with Gasteiger partial charge in [0.05, 0.1) is 0 Å². The largest absolute Gasteiger partial charge is 0.312 e. The molecule has 8 rings (SSSR count). The van der Waals surface area contributed by atoms with Crippen LogP contribution in [0.4, 0.5) is 17.1 Å². The summed E-state index contributed by atoms with van der Waals surface area (Å²) < 4.78 is 0. The molecule has 0 radical (unpaired) electrons. The van der Waals surface area contributed by atoms with Gasteiger partial charge in [0.2, 0.25) is 0 Å². The lowest BCUT2D eigenvalue weighted by Gasteiger charge is -2.27. The highest BCUT2D eigenvalue weighted by atomic mass is 32.2. The Bertz CT molecular complexity index is 2340. The third-order valence-electron chi connectivity index (χ3n) is 9.76. The molecule has 0 spiro atoms. The number of hydrogen-bond acceptors (Lipinski definition) is 6. The number of anilines is 3. The Kier molecular flexibility index (Phi) is 11.3.